The van der Waals surface area contributed by atoms with Gasteiger partial charge in [0.2, 0.25) is 0 Å². The molecule has 248 valence electrons. The van der Waals surface area contributed by atoms with Crippen LogP contribution in [0.1, 0.15) is 37.3 Å². The molecule has 47 heavy (non-hydrogen) atoms. The van der Waals surface area contributed by atoms with Crippen LogP contribution in [0.4, 0.5) is 4.79 Å². The second-order valence-electron chi connectivity index (χ2n) is 13.2. The molecule has 0 saturated carbocycles. The molecule has 4 aromatic rings. The first-order valence-electron chi connectivity index (χ1n) is 16.9. The van der Waals surface area contributed by atoms with Gasteiger partial charge in [-0.2, -0.15) is 5.10 Å². The van der Waals surface area contributed by atoms with Crippen LogP contribution in [0.25, 0.3) is 22.2 Å². The third-order valence-electron chi connectivity index (χ3n) is 10.2. The maximum Gasteiger partial charge on any atom is 0.410 e. The Morgan fingerprint density at radius 3 is 2.34 bits per heavy atom. The number of benzene rings is 2. The number of ether oxygens (including phenoxy) is 1. The van der Waals surface area contributed by atoms with Gasteiger partial charge in [-0.05, 0) is 56.0 Å². The van der Waals surface area contributed by atoms with E-state index in [0.29, 0.717) is 51.5 Å². The molecule has 3 aliphatic rings. The van der Waals surface area contributed by atoms with Crippen molar-refractivity contribution in [3.63, 3.8) is 0 Å². The van der Waals surface area contributed by atoms with E-state index < -0.39 is 12.2 Å². The number of aromatic amines is 2. The van der Waals surface area contributed by atoms with Crippen molar-refractivity contribution in [2.75, 3.05) is 59.4 Å². The monoisotopic (exact) mass is 640 g/mol. The Balaban J connectivity index is 1.000. The van der Waals surface area contributed by atoms with E-state index in [1.54, 1.807) is 15.7 Å². The summed E-state index contributed by atoms with van der Waals surface area (Å²) >= 11 is 0. The van der Waals surface area contributed by atoms with Gasteiger partial charge < -0.3 is 24.4 Å². The highest BCUT2D eigenvalue weighted by atomic mass is 16.6. The molecule has 1 atom stereocenters. The lowest BCUT2D eigenvalue weighted by molar-refractivity contribution is -0.142. The molecule has 2 aromatic carbocycles. The number of amides is 2. The minimum atomic E-state index is -0.925. The molecule has 3 fully saturated rings. The highest BCUT2D eigenvalue weighted by Gasteiger charge is 2.35. The number of piperidine rings is 2. The molecule has 0 spiro atoms. The lowest BCUT2D eigenvalue weighted by Crippen LogP contribution is -2.54. The Morgan fingerprint density at radius 2 is 1.60 bits per heavy atom. The molecular formula is C35H44N8O4. The zero-order valence-corrected chi connectivity index (χ0v) is 27.0. The van der Waals surface area contributed by atoms with Crippen LogP contribution < -0.4 is 5.69 Å². The molecule has 3 saturated heterocycles. The van der Waals surface area contributed by atoms with E-state index in [4.69, 9.17) is 4.74 Å². The van der Waals surface area contributed by atoms with Crippen molar-refractivity contribution < 1.29 is 14.3 Å². The predicted octanol–water partition coefficient (Wildman–Crippen LogP) is 3.34. The summed E-state index contributed by atoms with van der Waals surface area (Å²) in [5.74, 6) is -0.135. The van der Waals surface area contributed by atoms with Crippen LogP contribution in [0.2, 0.25) is 0 Å². The van der Waals surface area contributed by atoms with E-state index in [0.717, 1.165) is 66.7 Å². The van der Waals surface area contributed by atoms with Crippen LogP contribution in [0, 0.1) is 0 Å². The number of carbonyl (C=O) groups excluding carboxylic acids is 2. The van der Waals surface area contributed by atoms with Crippen molar-refractivity contribution in [3.05, 3.63) is 77.0 Å². The fourth-order valence-electron chi connectivity index (χ4n) is 7.32. The van der Waals surface area contributed by atoms with Crippen LogP contribution in [-0.2, 0) is 16.0 Å². The highest BCUT2D eigenvalue weighted by Crippen LogP contribution is 2.26. The van der Waals surface area contributed by atoms with E-state index >= 15 is 0 Å². The van der Waals surface area contributed by atoms with Crippen molar-refractivity contribution >= 4 is 22.9 Å². The molecule has 12 nitrogen and oxygen atoms in total. The van der Waals surface area contributed by atoms with Crippen LogP contribution in [-0.4, -0.2) is 123 Å². The lowest BCUT2D eigenvalue weighted by atomic mass is 10.00. The number of hydrogen-bond acceptors (Lipinski definition) is 7. The molecule has 0 bridgehead atoms. The molecule has 0 radical (unpaired) electrons. The largest absolute Gasteiger partial charge is 0.436 e. The number of imidazole rings is 1. The molecule has 0 aliphatic carbocycles. The molecule has 7 rings (SSSR count). The van der Waals surface area contributed by atoms with Crippen molar-refractivity contribution in [3.8, 4) is 11.3 Å². The SMILES string of the molecule is CN1CCN(C2CCN(C(=O)[C@@H](Cc3ccc4[nH]ncc4c3)OC(=O)N3CCC(n4cc(-c5ccccc5)[nH]c4=O)CC3)CC2)CC1. The van der Waals surface area contributed by atoms with Gasteiger partial charge in [-0.15, -0.1) is 0 Å². The number of rotatable bonds is 7. The van der Waals surface area contributed by atoms with Gasteiger partial charge in [0.1, 0.15) is 0 Å². The minimum Gasteiger partial charge on any atom is -0.436 e. The summed E-state index contributed by atoms with van der Waals surface area (Å²) in [5.41, 5.74) is 3.41. The first-order valence-corrected chi connectivity index (χ1v) is 16.9. The Bertz CT molecular complexity index is 1720. The normalized spacial score (nSPS) is 19.7. The standard InChI is InChI=1S/C35H44N8O4/c1-39-17-19-40(20-18-39)28-9-13-41(14-10-28)33(44)32(22-25-7-8-30-27(21-25)23-36-38-30)47-35(46)42-15-11-29(12-16-42)43-24-31(37-34(43)45)26-5-3-2-4-6-26/h2-8,21,23-24,28-29,32H,9-20,22H2,1H3,(H,36,38)(H,37,45)/t32-/m1/s1. The number of piperazine rings is 1. The van der Waals surface area contributed by atoms with Gasteiger partial charge in [0, 0.05) is 82.4 Å². The number of H-pyrrole nitrogens is 2. The summed E-state index contributed by atoms with van der Waals surface area (Å²) in [7, 11) is 2.16. The molecule has 0 unspecified atom stereocenters. The quantitative estimate of drug-likeness (QED) is 0.318. The summed E-state index contributed by atoms with van der Waals surface area (Å²) in [6.45, 7) is 6.49. The molecular weight excluding hydrogens is 596 g/mol. The van der Waals surface area contributed by atoms with Crippen LogP contribution in [0.15, 0.2) is 65.7 Å². The number of carbonyl (C=O) groups is 2. The topological polar surface area (TPSA) is 123 Å². The number of likely N-dealkylation sites (N-methyl/N-ethyl adjacent to an activating group) is 1. The third kappa shape index (κ3) is 6.98. The summed E-state index contributed by atoms with van der Waals surface area (Å²) in [6, 6.07) is 16.1. The van der Waals surface area contributed by atoms with E-state index in [2.05, 4.69) is 32.0 Å². The van der Waals surface area contributed by atoms with Crippen molar-refractivity contribution in [2.24, 2.45) is 0 Å². The fourth-order valence-corrected chi connectivity index (χ4v) is 7.32. The number of nitrogens with one attached hydrogen (secondary N) is 2. The molecule has 2 aromatic heterocycles. The lowest BCUT2D eigenvalue weighted by Gasteiger charge is -2.42. The van der Waals surface area contributed by atoms with Gasteiger partial charge >= 0.3 is 11.8 Å². The number of fused-ring (bicyclic) bond motifs is 1. The van der Waals surface area contributed by atoms with E-state index in [9.17, 15) is 14.4 Å². The van der Waals surface area contributed by atoms with Crippen LogP contribution in [0.5, 0.6) is 0 Å². The molecule has 3 aliphatic heterocycles. The number of nitrogens with zero attached hydrogens (tertiary/aromatic N) is 6. The Labute approximate surface area is 274 Å². The first-order chi connectivity index (χ1) is 22.9. The van der Waals surface area contributed by atoms with Gasteiger partial charge in [0.15, 0.2) is 6.10 Å². The van der Waals surface area contributed by atoms with Gasteiger partial charge in [0.05, 0.1) is 17.4 Å². The Hall–Kier alpha value is -4.42. The van der Waals surface area contributed by atoms with E-state index in [-0.39, 0.29) is 17.6 Å². The fraction of sp³-hybridized carbons (Fsp3) is 0.486. The van der Waals surface area contributed by atoms with Gasteiger partial charge in [0.25, 0.3) is 5.91 Å². The third-order valence-corrected chi connectivity index (χ3v) is 10.2. The number of aromatic nitrogens is 4. The second kappa shape index (κ2) is 13.7. The van der Waals surface area contributed by atoms with E-state index in [1.165, 1.54) is 0 Å². The van der Waals surface area contributed by atoms with Gasteiger partial charge in [-0.3, -0.25) is 19.4 Å². The maximum absolute atomic E-state index is 14.0. The first kappa shape index (κ1) is 31.2. The molecule has 5 heterocycles. The smallest absolute Gasteiger partial charge is 0.410 e. The minimum absolute atomic E-state index is 0.0269. The average molecular weight is 641 g/mol. The molecule has 2 amide bonds. The zero-order valence-electron chi connectivity index (χ0n) is 27.0. The average Bonchev–Trinajstić information content (AvgIpc) is 3.75. The summed E-state index contributed by atoms with van der Waals surface area (Å²) < 4.78 is 7.81. The van der Waals surface area contributed by atoms with Crippen molar-refractivity contribution in [2.45, 2.75) is 50.3 Å². The van der Waals surface area contributed by atoms with Crippen molar-refractivity contribution in [1.29, 1.82) is 0 Å². The van der Waals surface area contributed by atoms with Crippen LogP contribution >= 0.6 is 0 Å². The zero-order chi connectivity index (χ0) is 32.3. The maximum atomic E-state index is 14.0. The number of hydrogen-bond donors (Lipinski definition) is 2. The summed E-state index contributed by atoms with van der Waals surface area (Å²) in [4.78, 5) is 51.8. The predicted molar refractivity (Wildman–Crippen MR) is 179 cm³/mol. The Kier molecular flexibility index (Phi) is 9.12. The summed E-state index contributed by atoms with van der Waals surface area (Å²) in [6.07, 6.45) is 5.61. The van der Waals surface area contributed by atoms with Gasteiger partial charge in [-0.25, -0.2) is 9.59 Å². The summed E-state index contributed by atoms with van der Waals surface area (Å²) in [5, 5.41) is 8.03. The van der Waals surface area contributed by atoms with E-state index in [1.807, 2.05) is 59.6 Å². The Morgan fingerprint density at radius 1 is 0.894 bits per heavy atom. The molecule has 2 N–H and O–H groups in total. The number of likely N-dealkylation sites (tertiary alicyclic amines) is 2. The van der Waals surface area contributed by atoms with Crippen LogP contribution in [0.3, 0.4) is 0 Å². The highest BCUT2D eigenvalue weighted by molar-refractivity contribution is 5.84. The molecule has 12 heteroatoms. The van der Waals surface area contributed by atoms with Gasteiger partial charge in [-0.1, -0.05) is 36.4 Å². The van der Waals surface area contributed by atoms with Crippen molar-refractivity contribution in [1.82, 2.24) is 39.3 Å². The second-order valence-corrected chi connectivity index (χ2v) is 13.2.